The molecule has 0 aliphatic rings. The van der Waals surface area contributed by atoms with Gasteiger partial charge >= 0.3 is 12.1 Å². The lowest BCUT2D eigenvalue weighted by atomic mass is 10.2. The summed E-state index contributed by atoms with van der Waals surface area (Å²) < 4.78 is 45.2. The van der Waals surface area contributed by atoms with E-state index in [1.165, 1.54) is 17.7 Å². The van der Waals surface area contributed by atoms with Crippen LogP contribution < -0.4 is 0 Å². The number of carbonyl (C=O) groups excluding carboxylic acids is 1. The van der Waals surface area contributed by atoms with E-state index in [4.69, 9.17) is 0 Å². The van der Waals surface area contributed by atoms with Gasteiger partial charge in [-0.1, -0.05) is 0 Å². The number of alkyl halides is 3. The Bertz CT molecular complexity index is 667. The normalized spacial score (nSPS) is 11.5. The monoisotopic (exact) mass is 300 g/mol. The quantitative estimate of drug-likeness (QED) is 0.812. The van der Waals surface area contributed by atoms with Gasteiger partial charge in [0.2, 0.25) is 0 Å². The number of hydrogen-bond acceptors (Lipinski definition) is 5. The van der Waals surface area contributed by atoms with E-state index in [9.17, 15) is 18.0 Å². The molecule has 0 aromatic carbocycles. The third-order valence-electron chi connectivity index (χ3n) is 2.57. The van der Waals surface area contributed by atoms with Crippen molar-refractivity contribution in [2.45, 2.75) is 13.1 Å². The number of aromatic nitrogens is 4. The molecule has 2 aromatic rings. The summed E-state index contributed by atoms with van der Waals surface area (Å²) >= 11 is 0. The van der Waals surface area contributed by atoms with Gasteiger partial charge in [-0.3, -0.25) is 0 Å². The highest BCUT2D eigenvalue weighted by atomic mass is 19.4. The molecular formula is C12H11F3N4O2. The van der Waals surface area contributed by atoms with Crippen LogP contribution in [0.2, 0.25) is 0 Å². The van der Waals surface area contributed by atoms with E-state index in [2.05, 4.69) is 19.7 Å². The van der Waals surface area contributed by atoms with E-state index < -0.39 is 23.4 Å². The molecule has 2 rings (SSSR count). The molecule has 2 heterocycles. The van der Waals surface area contributed by atoms with E-state index in [1.54, 1.807) is 13.2 Å². The first-order valence-corrected chi connectivity index (χ1v) is 5.93. The lowest BCUT2D eigenvalue weighted by molar-refractivity contribution is -0.141. The zero-order valence-corrected chi connectivity index (χ0v) is 11.2. The van der Waals surface area contributed by atoms with Crippen LogP contribution >= 0.6 is 0 Å². The molecule has 0 amide bonds. The van der Waals surface area contributed by atoms with Gasteiger partial charge in [-0.2, -0.15) is 13.2 Å². The fourth-order valence-electron chi connectivity index (χ4n) is 1.64. The standard InChI is InChI=1S/C12H11F3N4O2/c1-3-21-11(20)7-6-17-9(10-16-4-5-19(10)2)18-8(7)12(13,14)15/h4-6H,3H2,1-2H3. The Kier molecular flexibility index (Phi) is 3.92. The van der Waals surface area contributed by atoms with Gasteiger partial charge in [0.15, 0.2) is 17.3 Å². The van der Waals surface area contributed by atoms with Crippen molar-refractivity contribution in [1.29, 1.82) is 0 Å². The average molecular weight is 300 g/mol. The smallest absolute Gasteiger partial charge is 0.434 e. The van der Waals surface area contributed by atoms with Crippen LogP contribution in [0.3, 0.4) is 0 Å². The number of nitrogens with zero attached hydrogens (tertiary/aromatic N) is 4. The molecule has 0 radical (unpaired) electrons. The minimum Gasteiger partial charge on any atom is -0.462 e. The maximum atomic E-state index is 13.0. The number of imidazole rings is 1. The van der Waals surface area contributed by atoms with Gasteiger partial charge in [0.05, 0.1) is 6.61 Å². The number of hydrogen-bond donors (Lipinski definition) is 0. The number of ether oxygens (including phenoxy) is 1. The maximum Gasteiger partial charge on any atom is 0.434 e. The van der Waals surface area contributed by atoms with Crippen LogP contribution in [0.1, 0.15) is 23.0 Å². The molecular weight excluding hydrogens is 289 g/mol. The third kappa shape index (κ3) is 3.01. The third-order valence-corrected chi connectivity index (χ3v) is 2.57. The van der Waals surface area contributed by atoms with Crippen molar-refractivity contribution < 1.29 is 22.7 Å². The van der Waals surface area contributed by atoms with Gasteiger partial charge in [0.25, 0.3) is 0 Å². The molecule has 6 nitrogen and oxygen atoms in total. The van der Waals surface area contributed by atoms with Crippen LogP contribution in [-0.2, 0) is 18.0 Å². The van der Waals surface area contributed by atoms with Crippen LogP contribution in [0.25, 0.3) is 11.6 Å². The lowest BCUT2D eigenvalue weighted by Crippen LogP contribution is -2.19. The first kappa shape index (κ1) is 14.9. The Labute approximate surface area is 117 Å². The Hall–Kier alpha value is -2.45. The maximum absolute atomic E-state index is 13.0. The molecule has 112 valence electrons. The SMILES string of the molecule is CCOC(=O)c1cnc(-c2nccn2C)nc1C(F)(F)F. The van der Waals surface area contributed by atoms with E-state index in [0.717, 1.165) is 6.20 Å². The summed E-state index contributed by atoms with van der Waals surface area (Å²) in [6, 6.07) is 0. The van der Waals surface area contributed by atoms with Crippen molar-refractivity contribution in [3.05, 3.63) is 29.8 Å². The highest BCUT2D eigenvalue weighted by Crippen LogP contribution is 2.31. The largest absolute Gasteiger partial charge is 0.462 e. The van der Waals surface area contributed by atoms with Crippen molar-refractivity contribution in [3.63, 3.8) is 0 Å². The van der Waals surface area contributed by atoms with E-state index >= 15 is 0 Å². The van der Waals surface area contributed by atoms with Gasteiger partial charge in [-0.25, -0.2) is 19.7 Å². The van der Waals surface area contributed by atoms with Gasteiger partial charge in [0, 0.05) is 25.6 Å². The fraction of sp³-hybridized carbons (Fsp3) is 0.333. The van der Waals surface area contributed by atoms with Gasteiger partial charge in [-0.05, 0) is 6.92 Å². The highest BCUT2D eigenvalue weighted by Gasteiger charge is 2.38. The molecule has 0 unspecified atom stereocenters. The number of rotatable bonds is 3. The molecule has 0 aliphatic carbocycles. The molecule has 0 atom stereocenters. The zero-order valence-electron chi connectivity index (χ0n) is 11.2. The Balaban J connectivity index is 2.55. The van der Waals surface area contributed by atoms with Crippen LogP contribution in [0.5, 0.6) is 0 Å². The van der Waals surface area contributed by atoms with Crippen LogP contribution in [-0.4, -0.2) is 32.1 Å². The average Bonchev–Trinajstić information content (AvgIpc) is 2.83. The molecule has 9 heteroatoms. The minimum atomic E-state index is -4.80. The van der Waals surface area contributed by atoms with Crippen LogP contribution in [0, 0.1) is 0 Å². The molecule has 0 spiro atoms. The Morgan fingerprint density at radius 3 is 2.62 bits per heavy atom. The van der Waals surface area contributed by atoms with Crippen molar-refractivity contribution in [2.24, 2.45) is 7.05 Å². The van der Waals surface area contributed by atoms with Crippen molar-refractivity contribution in [3.8, 4) is 11.6 Å². The predicted octanol–water partition coefficient (Wildman–Crippen LogP) is 2.07. The first-order valence-electron chi connectivity index (χ1n) is 5.93. The molecule has 0 saturated carbocycles. The molecule has 0 bridgehead atoms. The first-order chi connectivity index (χ1) is 9.84. The summed E-state index contributed by atoms with van der Waals surface area (Å²) in [7, 11) is 1.60. The van der Waals surface area contributed by atoms with Crippen molar-refractivity contribution in [1.82, 2.24) is 19.5 Å². The zero-order chi connectivity index (χ0) is 15.6. The number of carbonyl (C=O) groups is 1. The molecule has 0 N–H and O–H groups in total. The number of aryl methyl sites for hydroxylation is 1. The van der Waals surface area contributed by atoms with E-state index in [1.807, 2.05) is 0 Å². The van der Waals surface area contributed by atoms with Crippen LogP contribution in [0.15, 0.2) is 18.6 Å². The fourth-order valence-corrected chi connectivity index (χ4v) is 1.64. The Morgan fingerprint density at radius 1 is 1.38 bits per heavy atom. The molecule has 0 saturated heterocycles. The molecule has 2 aromatic heterocycles. The summed E-state index contributed by atoms with van der Waals surface area (Å²) in [5.41, 5.74) is -2.06. The molecule has 0 aliphatic heterocycles. The second-order valence-corrected chi connectivity index (χ2v) is 4.04. The topological polar surface area (TPSA) is 69.9 Å². The van der Waals surface area contributed by atoms with Gasteiger partial charge in [-0.15, -0.1) is 0 Å². The van der Waals surface area contributed by atoms with E-state index in [-0.39, 0.29) is 18.3 Å². The molecule has 0 fully saturated rings. The molecule has 21 heavy (non-hydrogen) atoms. The summed E-state index contributed by atoms with van der Waals surface area (Å²) in [6.45, 7) is 1.45. The predicted molar refractivity (Wildman–Crippen MR) is 65.2 cm³/mol. The van der Waals surface area contributed by atoms with E-state index in [0.29, 0.717) is 0 Å². The van der Waals surface area contributed by atoms with Crippen molar-refractivity contribution in [2.75, 3.05) is 6.61 Å². The van der Waals surface area contributed by atoms with Crippen LogP contribution in [0.4, 0.5) is 13.2 Å². The van der Waals surface area contributed by atoms with Gasteiger partial charge in [0.1, 0.15) is 5.56 Å². The lowest BCUT2D eigenvalue weighted by Gasteiger charge is -2.11. The number of esters is 1. The summed E-state index contributed by atoms with van der Waals surface area (Å²) in [5.74, 6) is -1.17. The summed E-state index contributed by atoms with van der Waals surface area (Å²) in [4.78, 5) is 22.6. The summed E-state index contributed by atoms with van der Waals surface area (Å²) in [5, 5.41) is 0. The second kappa shape index (κ2) is 5.51. The second-order valence-electron chi connectivity index (χ2n) is 4.04. The minimum absolute atomic E-state index is 0.0444. The van der Waals surface area contributed by atoms with Crippen molar-refractivity contribution >= 4 is 5.97 Å². The van der Waals surface area contributed by atoms with Gasteiger partial charge < -0.3 is 9.30 Å². The summed E-state index contributed by atoms with van der Waals surface area (Å²) in [6.07, 6.45) is -1.04. The number of halogens is 3. The Morgan fingerprint density at radius 2 is 2.10 bits per heavy atom. The highest BCUT2D eigenvalue weighted by molar-refractivity contribution is 5.90.